The lowest BCUT2D eigenvalue weighted by Crippen LogP contribution is -2.59. The Balaban J connectivity index is 2.46. The van der Waals surface area contributed by atoms with Gasteiger partial charge in [-0.3, -0.25) is 28.8 Å². The Bertz CT molecular complexity index is 1740. The lowest BCUT2D eigenvalue weighted by atomic mass is 9.84. The van der Waals surface area contributed by atoms with E-state index in [1.165, 1.54) is 11.8 Å². The van der Waals surface area contributed by atoms with E-state index in [0.29, 0.717) is 42.8 Å². The SMILES string of the molecule is C=C(C)[C@@H](C[C@@H](OC(C)=O)c1nc(C(=O)N[C@@H](Cc2ccccc2)CC(C)(C)C(=O)O)cs1)N(CCC)C(=O)[C@@H](NC(=O)[C@@H](C(C)C)N(C)C(=O)CCCCC)[C@@H](C)CC. The lowest BCUT2D eigenvalue weighted by molar-refractivity contribution is -0.149. The predicted molar refractivity (Wildman–Crippen MR) is 236 cm³/mol. The van der Waals surface area contributed by atoms with Gasteiger partial charge in [-0.2, -0.15) is 0 Å². The molecule has 0 radical (unpaired) electrons. The van der Waals surface area contributed by atoms with Gasteiger partial charge in [0.05, 0.1) is 11.5 Å². The summed E-state index contributed by atoms with van der Waals surface area (Å²) in [6.45, 7) is 22.5. The molecule has 2 rings (SSSR count). The minimum Gasteiger partial charge on any atom is -0.481 e. The Morgan fingerprint density at radius 2 is 1.62 bits per heavy atom. The third-order valence-electron chi connectivity index (χ3n) is 10.9. The fraction of sp³-hybridized carbons (Fsp3) is 0.630. The van der Waals surface area contributed by atoms with Gasteiger partial charge in [0.15, 0.2) is 6.10 Å². The number of carbonyl (C=O) groups excluding carboxylic acids is 5. The molecule has 0 fully saturated rings. The van der Waals surface area contributed by atoms with E-state index in [2.05, 4.69) is 29.1 Å². The number of amides is 4. The molecule has 14 heteroatoms. The Morgan fingerprint density at radius 1 is 0.967 bits per heavy atom. The maximum absolute atomic E-state index is 14.8. The highest BCUT2D eigenvalue weighted by Gasteiger charge is 2.39. The smallest absolute Gasteiger partial charge is 0.309 e. The van der Waals surface area contributed by atoms with E-state index in [1.807, 2.05) is 65.0 Å². The zero-order chi connectivity index (χ0) is 45.3. The molecule has 1 aromatic heterocycles. The molecule has 0 aliphatic heterocycles. The third-order valence-corrected chi connectivity index (χ3v) is 11.9. The van der Waals surface area contributed by atoms with Gasteiger partial charge in [-0.1, -0.05) is 103 Å². The summed E-state index contributed by atoms with van der Waals surface area (Å²) in [6, 6.07) is 6.61. The molecule has 6 atom stereocenters. The molecule has 0 unspecified atom stereocenters. The van der Waals surface area contributed by atoms with Crippen LogP contribution < -0.4 is 10.6 Å². The molecule has 1 aromatic carbocycles. The molecule has 0 aliphatic rings. The molecule has 334 valence electrons. The number of carboxylic acid groups (broad SMARTS) is 1. The largest absolute Gasteiger partial charge is 0.481 e. The molecule has 0 spiro atoms. The summed E-state index contributed by atoms with van der Waals surface area (Å²) < 4.78 is 5.83. The van der Waals surface area contributed by atoms with Crippen molar-refractivity contribution >= 4 is 46.9 Å². The molecule has 1 heterocycles. The maximum Gasteiger partial charge on any atom is 0.309 e. The summed E-state index contributed by atoms with van der Waals surface area (Å²) in [4.78, 5) is 88.1. The van der Waals surface area contributed by atoms with E-state index in [4.69, 9.17) is 4.74 Å². The number of hydrogen-bond acceptors (Lipinski definition) is 9. The van der Waals surface area contributed by atoms with Crippen molar-refractivity contribution in [3.63, 3.8) is 0 Å². The summed E-state index contributed by atoms with van der Waals surface area (Å²) in [5.41, 5.74) is 0.528. The fourth-order valence-electron chi connectivity index (χ4n) is 7.32. The number of hydrogen-bond donors (Lipinski definition) is 3. The van der Waals surface area contributed by atoms with Gasteiger partial charge < -0.3 is 30.3 Å². The van der Waals surface area contributed by atoms with Crippen LogP contribution in [-0.4, -0.2) is 93.2 Å². The number of carboxylic acids is 1. The standard InChI is InChI=1S/C46H71N5O8S/c1-13-16-18-23-38(53)50(12)40(30(6)7)42(55)49-39(31(8)15-3)44(56)51(24-14-2)36(29(4)5)26-37(59-32(9)52)43-48-35(28-60-43)41(54)47-34(27-46(10,11)45(57)58)25-33-21-19-17-20-22-33/h17,19-22,28,30-31,34,36-37,39-40H,4,13-16,18,23-27H2,1-3,5-12H3,(H,47,54)(H,49,55)(H,57,58)/t31-,34-,36+,37+,39-,40+/m0/s1. The molecule has 13 nitrogen and oxygen atoms in total. The average molecular weight is 854 g/mol. The van der Waals surface area contributed by atoms with Crippen LogP contribution in [0.1, 0.15) is 148 Å². The van der Waals surface area contributed by atoms with Crippen LogP contribution in [0.4, 0.5) is 0 Å². The van der Waals surface area contributed by atoms with E-state index in [1.54, 1.807) is 38.1 Å². The number of benzene rings is 1. The van der Waals surface area contributed by atoms with Crippen molar-refractivity contribution in [3.05, 3.63) is 64.1 Å². The molecular formula is C46H71N5O8S. The molecule has 4 amide bonds. The van der Waals surface area contributed by atoms with Gasteiger partial charge in [-0.15, -0.1) is 11.3 Å². The van der Waals surface area contributed by atoms with Crippen LogP contribution in [0, 0.1) is 17.3 Å². The van der Waals surface area contributed by atoms with Crippen LogP contribution in [0.2, 0.25) is 0 Å². The van der Waals surface area contributed by atoms with Gasteiger partial charge in [0.2, 0.25) is 17.7 Å². The lowest BCUT2D eigenvalue weighted by Gasteiger charge is -2.38. The van der Waals surface area contributed by atoms with Crippen molar-refractivity contribution in [3.8, 4) is 0 Å². The normalized spacial score (nSPS) is 14.5. The summed E-state index contributed by atoms with van der Waals surface area (Å²) in [5.74, 6) is -3.37. The number of aliphatic carboxylic acids is 1. The average Bonchev–Trinajstić information content (AvgIpc) is 3.68. The van der Waals surface area contributed by atoms with Gasteiger partial charge in [-0.25, -0.2) is 4.98 Å². The van der Waals surface area contributed by atoms with Gasteiger partial charge >= 0.3 is 11.9 Å². The van der Waals surface area contributed by atoms with Crippen molar-refractivity contribution in [2.75, 3.05) is 13.6 Å². The maximum atomic E-state index is 14.8. The first kappa shape index (κ1) is 51.6. The Kier molecular flexibility index (Phi) is 21.1. The summed E-state index contributed by atoms with van der Waals surface area (Å²) in [7, 11) is 1.64. The van der Waals surface area contributed by atoms with Crippen molar-refractivity contribution in [2.24, 2.45) is 17.3 Å². The third kappa shape index (κ3) is 15.5. The summed E-state index contributed by atoms with van der Waals surface area (Å²) >= 11 is 1.14. The molecule has 0 saturated heterocycles. The predicted octanol–water partition coefficient (Wildman–Crippen LogP) is 7.76. The van der Waals surface area contributed by atoms with Crippen molar-refractivity contribution < 1.29 is 38.6 Å². The van der Waals surface area contributed by atoms with Crippen LogP contribution in [0.3, 0.4) is 0 Å². The van der Waals surface area contributed by atoms with E-state index in [-0.39, 0.29) is 42.2 Å². The zero-order valence-electron chi connectivity index (χ0n) is 37.8. The number of aromatic nitrogens is 1. The molecule has 3 N–H and O–H groups in total. The zero-order valence-corrected chi connectivity index (χ0v) is 38.7. The number of nitrogens with zero attached hydrogens (tertiary/aromatic N) is 3. The Labute approximate surface area is 362 Å². The fourth-order valence-corrected chi connectivity index (χ4v) is 8.16. The second kappa shape index (κ2) is 24.6. The second-order valence-corrected chi connectivity index (χ2v) is 18.0. The van der Waals surface area contributed by atoms with Crippen molar-refractivity contribution in [2.45, 2.75) is 157 Å². The number of thiazole rings is 1. The number of nitrogens with one attached hydrogen (secondary N) is 2. The first-order valence-corrected chi connectivity index (χ1v) is 22.3. The van der Waals surface area contributed by atoms with Gasteiger partial charge in [0.25, 0.3) is 5.91 Å². The van der Waals surface area contributed by atoms with Crippen molar-refractivity contribution in [1.29, 1.82) is 0 Å². The topological polar surface area (TPSA) is 175 Å². The first-order chi connectivity index (χ1) is 28.2. The molecule has 0 aliphatic carbocycles. The van der Waals surface area contributed by atoms with Crippen LogP contribution in [0.25, 0.3) is 0 Å². The number of ether oxygens (including phenoxy) is 1. The molecule has 60 heavy (non-hydrogen) atoms. The van der Waals surface area contributed by atoms with Crippen LogP contribution in [0.5, 0.6) is 0 Å². The van der Waals surface area contributed by atoms with E-state index in [9.17, 15) is 33.9 Å². The minimum absolute atomic E-state index is 0.0831. The number of carbonyl (C=O) groups is 6. The molecule has 2 aromatic rings. The number of rotatable bonds is 26. The molecule has 0 saturated carbocycles. The first-order valence-electron chi connectivity index (χ1n) is 21.4. The van der Waals surface area contributed by atoms with Gasteiger partial charge in [0.1, 0.15) is 22.8 Å². The van der Waals surface area contributed by atoms with Crippen molar-refractivity contribution in [1.82, 2.24) is 25.4 Å². The Morgan fingerprint density at radius 3 is 2.15 bits per heavy atom. The summed E-state index contributed by atoms with van der Waals surface area (Å²) in [6.07, 6.45) is 3.85. The molecule has 0 bridgehead atoms. The van der Waals surface area contributed by atoms with E-state index >= 15 is 0 Å². The highest BCUT2D eigenvalue weighted by atomic mass is 32.1. The highest BCUT2D eigenvalue weighted by molar-refractivity contribution is 7.09. The highest BCUT2D eigenvalue weighted by Crippen LogP contribution is 2.32. The molecular weight excluding hydrogens is 783 g/mol. The number of likely N-dealkylation sites (N-methyl/N-ethyl adjacent to an activating group) is 1. The van der Waals surface area contributed by atoms with Crippen LogP contribution >= 0.6 is 11.3 Å². The number of unbranched alkanes of at least 4 members (excludes halogenated alkanes) is 2. The summed E-state index contributed by atoms with van der Waals surface area (Å²) in [5, 5.41) is 17.8. The van der Waals surface area contributed by atoms with E-state index < -0.39 is 59.4 Å². The van der Waals surface area contributed by atoms with Crippen LogP contribution in [0.15, 0.2) is 47.9 Å². The minimum atomic E-state index is -1.12. The van der Waals surface area contributed by atoms with Gasteiger partial charge in [-0.05, 0) is 63.9 Å². The number of esters is 1. The Hall–Kier alpha value is -4.59. The second-order valence-electron chi connectivity index (χ2n) is 17.1. The quantitative estimate of drug-likeness (QED) is 0.0485. The van der Waals surface area contributed by atoms with Crippen LogP contribution in [-0.2, 0) is 35.1 Å². The monoisotopic (exact) mass is 854 g/mol. The van der Waals surface area contributed by atoms with Gasteiger partial charge in [0, 0.05) is 44.8 Å². The van der Waals surface area contributed by atoms with E-state index in [0.717, 1.165) is 36.2 Å².